The van der Waals surface area contributed by atoms with Gasteiger partial charge in [0, 0.05) is 35.5 Å². The minimum absolute atomic E-state index is 0.0144. The van der Waals surface area contributed by atoms with Gasteiger partial charge in [-0.15, -0.1) is 0 Å². The average molecular weight is 538 g/mol. The van der Waals surface area contributed by atoms with E-state index in [9.17, 15) is 13.2 Å². The Labute approximate surface area is 218 Å². The molecule has 8 nitrogen and oxygen atoms in total. The van der Waals surface area contributed by atoms with Crippen molar-refractivity contribution >= 4 is 40.3 Å². The van der Waals surface area contributed by atoms with Crippen molar-refractivity contribution in [2.45, 2.75) is 63.2 Å². The van der Waals surface area contributed by atoms with Crippen molar-refractivity contribution in [3.05, 3.63) is 35.0 Å². The van der Waals surface area contributed by atoms with Crippen LogP contribution in [0.2, 0.25) is 5.02 Å². The van der Waals surface area contributed by atoms with Crippen LogP contribution in [0.3, 0.4) is 0 Å². The van der Waals surface area contributed by atoms with Gasteiger partial charge in [-0.25, -0.2) is 9.97 Å². The molecule has 0 amide bonds. The molecule has 5 rings (SSSR count). The number of hydrogen-bond donors (Lipinski definition) is 3. The maximum atomic E-state index is 13.4. The van der Waals surface area contributed by atoms with E-state index in [-0.39, 0.29) is 22.3 Å². The van der Waals surface area contributed by atoms with Crippen LogP contribution in [0, 0.1) is 5.92 Å². The fraction of sp³-hybridized carbons (Fsp3) is 0.560. The lowest BCUT2D eigenvalue weighted by atomic mass is 9.86. The summed E-state index contributed by atoms with van der Waals surface area (Å²) in [5, 5.41) is 6.53. The van der Waals surface area contributed by atoms with Crippen molar-refractivity contribution in [3.63, 3.8) is 0 Å². The van der Waals surface area contributed by atoms with Gasteiger partial charge < -0.3 is 21.1 Å². The average Bonchev–Trinajstić information content (AvgIpc) is 3.20. The zero-order chi connectivity index (χ0) is 26.2. The number of halogens is 4. The molecule has 2 aromatic heterocycles. The largest absolute Gasteiger partial charge is 0.416 e. The third kappa shape index (κ3) is 5.78. The highest BCUT2D eigenvalue weighted by atomic mass is 35.5. The number of fused-ring (bicyclic) bond motifs is 1. The fourth-order valence-corrected chi connectivity index (χ4v) is 5.43. The van der Waals surface area contributed by atoms with Gasteiger partial charge >= 0.3 is 6.18 Å². The number of ether oxygens (including phenoxy) is 1. The standard InChI is InChI=1S/C25H31ClF3N7O/c1-24(6-8-37-9-7-24)35-22-31-14-20-21(34-22)36(19-4-2-15(13-30)3-5-19)23(33-20)32-18-11-16(25(27,28)29)10-17(26)12-18/h10-12,14-15,19H,2-9,13,30H2,1H3,(H,32,33)(H,31,34,35). The van der Waals surface area contributed by atoms with Gasteiger partial charge in [0.25, 0.3) is 0 Å². The summed E-state index contributed by atoms with van der Waals surface area (Å²) in [5.41, 5.74) is 6.27. The number of alkyl halides is 3. The molecule has 37 heavy (non-hydrogen) atoms. The Morgan fingerprint density at radius 3 is 2.54 bits per heavy atom. The van der Waals surface area contributed by atoms with Crippen molar-refractivity contribution in [3.8, 4) is 0 Å². The first-order valence-corrected chi connectivity index (χ1v) is 13.0. The molecule has 1 saturated heterocycles. The molecule has 0 spiro atoms. The molecule has 0 radical (unpaired) electrons. The summed E-state index contributed by atoms with van der Waals surface area (Å²) in [6.07, 6.45) is 2.46. The number of nitrogens with two attached hydrogens (primary N) is 1. The van der Waals surface area contributed by atoms with Gasteiger partial charge in [0.15, 0.2) is 5.65 Å². The Morgan fingerprint density at radius 1 is 1.14 bits per heavy atom. The van der Waals surface area contributed by atoms with Crippen molar-refractivity contribution in [1.82, 2.24) is 19.5 Å². The Bertz CT molecular complexity index is 1250. The summed E-state index contributed by atoms with van der Waals surface area (Å²) in [5.74, 6) is 1.36. The van der Waals surface area contributed by atoms with Gasteiger partial charge in [-0.05, 0) is 76.1 Å². The molecule has 12 heteroatoms. The third-order valence-corrected chi connectivity index (χ3v) is 7.66. The second-order valence-electron chi connectivity index (χ2n) is 10.3. The number of aromatic nitrogens is 4. The molecule has 4 N–H and O–H groups in total. The second kappa shape index (κ2) is 10.3. The number of nitrogens with zero attached hydrogens (tertiary/aromatic N) is 4. The molecule has 2 fully saturated rings. The summed E-state index contributed by atoms with van der Waals surface area (Å²) >= 11 is 6.03. The normalized spacial score (nSPS) is 22.2. The van der Waals surface area contributed by atoms with E-state index in [1.165, 1.54) is 6.07 Å². The molecule has 1 saturated carbocycles. The van der Waals surface area contributed by atoms with Crippen LogP contribution >= 0.6 is 11.6 Å². The number of rotatable bonds is 6. The van der Waals surface area contributed by atoms with Gasteiger partial charge in [0.05, 0.1) is 11.8 Å². The number of benzene rings is 1. The van der Waals surface area contributed by atoms with Crippen LogP contribution in [-0.2, 0) is 10.9 Å². The van der Waals surface area contributed by atoms with E-state index in [0.29, 0.717) is 48.7 Å². The number of nitrogens with one attached hydrogen (secondary N) is 2. The van der Waals surface area contributed by atoms with E-state index in [1.54, 1.807) is 6.20 Å². The van der Waals surface area contributed by atoms with Gasteiger partial charge in [0.1, 0.15) is 5.52 Å². The molecule has 1 aliphatic heterocycles. The highest BCUT2D eigenvalue weighted by molar-refractivity contribution is 6.31. The van der Waals surface area contributed by atoms with Crippen LogP contribution in [0.1, 0.15) is 57.1 Å². The molecular formula is C25H31ClF3N7O. The first-order chi connectivity index (χ1) is 17.6. The second-order valence-corrected chi connectivity index (χ2v) is 10.7. The first kappa shape index (κ1) is 26.0. The third-order valence-electron chi connectivity index (χ3n) is 7.44. The molecule has 0 unspecified atom stereocenters. The zero-order valence-corrected chi connectivity index (χ0v) is 21.4. The summed E-state index contributed by atoms with van der Waals surface area (Å²) in [4.78, 5) is 14.0. The van der Waals surface area contributed by atoms with Crippen molar-refractivity contribution < 1.29 is 17.9 Å². The lowest BCUT2D eigenvalue weighted by Gasteiger charge is -2.34. The Kier molecular flexibility index (Phi) is 7.21. The van der Waals surface area contributed by atoms with Crippen LogP contribution < -0.4 is 16.4 Å². The van der Waals surface area contributed by atoms with E-state index < -0.39 is 11.7 Å². The van der Waals surface area contributed by atoms with E-state index >= 15 is 0 Å². The topological polar surface area (TPSA) is 103 Å². The monoisotopic (exact) mass is 537 g/mol. The molecule has 2 aliphatic rings. The number of hydrogen-bond acceptors (Lipinski definition) is 7. The lowest BCUT2D eigenvalue weighted by molar-refractivity contribution is -0.137. The predicted octanol–water partition coefficient (Wildman–Crippen LogP) is 5.91. The first-order valence-electron chi connectivity index (χ1n) is 12.6. The molecular weight excluding hydrogens is 507 g/mol. The van der Waals surface area contributed by atoms with Gasteiger partial charge in [-0.2, -0.15) is 18.2 Å². The highest BCUT2D eigenvalue weighted by Crippen LogP contribution is 2.38. The van der Waals surface area contributed by atoms with Crippen molar-refractivity contribution in [2.75, 3.05) is 30.4 Å². The fourth-order valence-electron chi connectivity index (χ4n) is 5.20. The van der Waals surface area contributed by atoms with Crippen LogP contribution in [-0.4, -0.2) is 44.8 Å². The SMILES string of the molecule is CC1(Nc2ncc3nc(Nc4cc(Cl)cc(C(F)(F)F)c4)n(C4CCC(CN)CC4)c3n2)CCOCC1. The van der Waals surface area contributed by atoms with Crippen LogP contribution in [0.5, 0.6) is 0 Å². The predicted molar refractivity (Wildman–Crippen MR) is 137 cm³/mol. The molecule has 3 aromatic rings. The quantitative estimate of drug-likeness (QED) is 0.359. The molecule has 1 aromatic carbocycles. The summed E-state index contributed by atoms with van der Waals surface area (Å²) in [6, 6.07) is 3.46. The maximum Gasteiger partial charge on any atom is 0.416 e. The Hall–Kier alpha value is -2.63. The van der Waals surface area contributed by atoms with E-state index in [0.717, 1.165) is 50.7 Å². The summed E-state index contributed by atoms with van der Waals surface area (Å²) < 4.78 is 47.7. The molecule has 1 aliphatic carbocycles. The Morgan fingerprint density at radius 2 is 1.86 bits per heavy atom. The smallest absolute Gasteiger partial charge is 0.381 e. The van der Waals surface area contributed by atoms with E-state index in [4.69, 9.17) is 27.1 Å². The van der Waals surface area contributed by atoms with Crippen molar-refractivity contribution in [2.24, 2.45) is 11.7 Å². The molecule has 3 heterocycles. The van der Waals surface area contributed by atoms with E-state index in [1.807, 2.05) is 4.57 Å². The van der Waals surface area contributed by atoms with Crippen LogP contribution in [0.4, 0.5) is 30.8 Å². The zero-order valence-electron chi connectivity index (χ0n) is 20.6. The number of imidazole rings is 1. The molecule has 0 atom stereocenters. The van der Waals surface area contributed by atoms with Crippen LogP contribution in [0.15, 0.2) is 24.4 Å². The minimum Gasteiger partial charge on any atom is -0.381 e. The summed E-state index contributed by atoms with van der Waals surface area (Å²) in [7, 11) is 0. The summed E-state index contributed by atoms with van der Waals surface area (Å²) in [6.45, 7) is 4.10. The van der Waals surface area contributed by atoms with Gasteiger partial charge in [-0.1, -0.05) is 11.6 Å². The lowest BCUT2D eigenvalue weighted by Crippen LogP contribution is -2.41. The van der Waals surface area contributed by atoms with Gasteiger partial charge in [-0.3, -0.25) is 4.57 Å². The van der Waals surface area contributed by atoms with Crippen LogP contribution in [0.25, 0.3) is 11.2 Å². The molecule has 200 valence electrons. The maximum absolute atomic E-state index is 13.4. The van der Waals surface area contributed by atoms with Crippen molar-refractivity contribution in [1.29, 1.82) is 0 Å². The van der Waals surface area contributed by atoms with Gasteiger partial charge in [0.2, 0.25) is 11.9 Å². The highest BCUT2D eigenvalue weighted by Gasteiger charge is 2.32. The number of anilines is 3. The Balaban J connectivity index is 1.53. The van der Waals surface area contributed by atoms with E-state index in [2.05, 4.69) is 27.5 Å². The minimum atomic E-state index is -4.52. The molecule has 0 bridgehead atoms.